The van der Waals surface area contributed by atoms with Gasteiger partial charge in [0.25, 0.3) is 11.8 Å². The molecule has 0 spiro atoms. The zero-order valence-corrected chi connectivity index (χ0v) is 37.0. The fourth-order valence-corrected chi connectivity index (χ4v) is 10.1. The highest BCUT2D eigenvalue weighted by Crippen LogP contribution is 2.40. The molecule has 17 heteroatoms. The third-order valence-corrected chi connectivity index (χ3v) is 13.9. The Morgan fingerprint density at radius 3 is 2.44 bits per heavy atom. The van der Waals surface area contributed by atoms with Gasteiger partial charge in [0.15, 0.2) is 23.2 Å². The Hall–Kier alpha value is -6.44. The van der Waals surface area contributed by atoms with E-state index in [4.69, 9.17) is 31.0 Å². The SMILES string of the molecule is Cc1sc2c(c1C)C(c1ccc(C(=O)N3CCC(N(C)c4ccc(C(=O)NC5CCC(Oc6ccc(C#N)c(Cl)c6)CC5)nn4)CC3)cc1)=N[C@@H](Cc1ncco1)c1nnc(C)n1-2. The van der Waals surface area contributed by atoms with Crippen molar-refractivity contribution >= 4 is 46.3 Å². The molecule has 2 aliphatic heterocycles. The van der Waals surface area contributed by atoms with E-state index in [2.05, 4.69) is 60.1 Å². The molecule has 0 unspecified atom stereocenters. The molecule has 63 heavy (non-hydrogen) atoms. The summed E-state index contributed by atoms with van der Waals surface area (Å²) in [6, 6.07) is 18.2. The summed E-state index contributed by atoms with van der Waals surface area (Å²) >= 11 is 7.86. The number of likely N-dealkylation sites (tertiary alicyclic amines) is 1. The number of nitriles is 1. The van der Waals surface area contributed by atoms with Gasteiger partial charge in [0.2, 0.25) is 0 Å². The van der Waals surface area contributed by atoms with Gasteiger partial charge < -0.3 is 24.3 Å². The Morgan fingerprint density at radius 2 is 1.76 bits per heavy atom. The van der Waals surface area contributed by atoms with E-state index in [1.165, 1.54) is 4.88 Å². The van der Waals surface area contributed by atoms with Gasteiger partial charge in [-0.2, -0.15) is 5.26 Å². The molecule has 1 atom stereocenters. The number of carbonyl (C=O) groups excluding carboxylic acids is 2. The molecule has 0 radical (unpaired) electrons. The lowest BCUT2D eigenvalue weighted by Crippen LogP contribution is -2.46. The normalized spacial score (nSPS) is 18.7. The number of aryl methyl sites for hydroxylation is 2. The number of piperidine rings is 1. The number of fused-ring (bicyclic) bond motifs is 3. The maximum absolute atomic E-state index is 13.9. The topological polar surface area (TPSA) is 181 Å². The summed E-state index contributed by atoms with van der Waals surface area (Å²) in [6.45, 7) is 7.40. The number of benzene rings is 2. The number of nitrogens with zero attached hydrogens (tertiary/aromatic N) is 10. The molecule has 4 aromatic heterocycles. The van der Waals surface area contributed by atoms with Crippen LogP contribution in [0.1, 0.15) is 110 Å². The molecule has 322 valence electrons. The largest absolute Gasteiger partial charge is 0.490 e. The average Bonchev–Trinajstić information content (AvgIpc) is 4.02. The number of carbonyl (C=O) groups is 2. The fraction of sp³-hybridized carbons (Fsp3) is 0.370. The van der Waals surface area contributed by atoms with Crippen molar-refractivity contribution in [2.75, 3.05) is 25.0 Å². The zero-order valence-electron chi connectivity index (χ0n) is 35.4. The molecule has 15 nitrogen and oxygen atoms in total. The lowest BCUT2D eigenvalue weighted by molar-refractivity contribution is 0.0713. The highest BCUT2D eigenvalue weighted by Gasteiger charge is 2.33. The Kier molecular flexibility index (Phi) is 11.8. The maximum atomic E-state index is 13.9. The number of anilines is 1. The first-order chi connectivity index (χ1) is 30.5. The van der Waals surface area contributed by atoms with Gasteiger partial charge in [0.1, 0.15) is 34.9 Å². The van der Waals surface area contributed by atoms with Crippen molar-refractivity contribution in [1.82, 2.24) is 40.2 Å². The van der Waals surface area contributed by atoms with Crippen LogP contribution >= 0.6 is 22.9 Å². The molecular weight excluding hydrogens is 838 g/mol. The average molecular weight is 884 g/mol. The monoisotopic (exact) mass is 883 g/mol. The number of rotatable bonds is 10. The zero-order chi connectivity index (χ0) is 43.8. The van der Waals surface area contributed by atoms with Gasteiger partial charge in [0, 0.05) is 59.9 Å². The summed E-state index contributed by atoms with van der Waals surface area (Å²) in [5.41, 5.74) is 5.24. The minimum Gasteiger partial charge on any atom is -0.490 e. The van der Waals surface area contributed by atoms with Crippen molar-refractivity contribution in [2.45, 2.75) is 89.9 Å². The first kappa shape index (κ1) is 41.9. The van der Waals surface area contributed by atoms with Crippen LogP contribution in [0.5, 0.6) is 5.75 Å². The van der Waals surface area contributed by atoms with Gasteiger partial charge >= 0.3 is 0 Å². The van der Waals surface area contributed by atoms with E-state index in [0.29, 0.717) is 53.1 Å². The van der Waals surface area contributed by atoms with Gasteiger partial charge in [-0.25, -0.2) is 4.98 Å². The van der Waals surface area contributed by atoms with E-state index < -0.39 is 0 Å². The number of ether oxygens (including phenoxy) is 1. The number of oxazole rings is 1. The predicted molar refractivity (Wildman–Crippen MR) is 238 cm³/mol. The second-order valence-corrected chi connectivity index (χ2v) is 17.9. The quantitative estimate of drug-likeness (QED) is 0.144. The molecule has 3 aliphatic rings. The summed E-state index contributed by atoms with van der Waals surface area (Å²) in [5.74, 6) is 3.14. The standard InChI is InChI=1S/C46H46ClN11O4S/c1-26-27(2)63-46-41(26)42(51-38(24-40-49-19-22-61-40)43-55-52-28(3)58(43)46)29-5-7-30(8-6-29)45(60)57-20-17-33(18-21-57)56(4)39-16-15-37(53-54-39)44(59)50-32-10-13-34(14-11-32)62-35-12-9-31(25-48)36(47)23-35/h5-9,12,15-16,19,22-23,32-34,38H,10-11,13-14,17-18,20-21,24H2,1-4H3,(H,50,59)/t32?,34?,38-/m0/s1. The highest BCUT2D eigenvalue weighted by atomic mass is 35.5. The number of hydrogen-bond donors (Lipinski definition) is 1. The molecule has 9 rings (SSSR count). The Labute approximate surface area is 373 Å². The molecule has 1 saturated heterocycles. The Bertz CT molecular complexity index is 2710. The lowest BCUT2D eigenvalue weighted by atomic mass is 9.93. The van der Waals surface area contributed by atoms with E-state index in [1.54, 1.807) is 48.1 Å². The van der Waals surface area contributed by atoms with Gasteiger partial charge in [-0.05, 0) is 101 Å². The van der Waals surface area contributed by atoms with Crippen LogP contribution in [-0.2, 0) is 6.42 Å². The third kappa shape index (κ3) is 8.55. The van der Waals surface area contributed by atoms with Crippen LogP contribution in [0.2, 0.25) is 5.02 Å². The van der Waals surface area contributed by atoms with Crippen LogP contribution < -0.4 is 15.0 Å². The Morgan fingerprint density at radius 1 is 0.984 bits per heavy atom. The van der Waals surface area contributed by atoms with E-state index in [-0.39, 0.29) is 41.7 Å². The molecule has 0 bridgehead atoms. The van der Waals surface area contributed by atoms with Crippen LogP contribution in [0.25, 0.3) is 5.00 Å². The summed E-state index contributed by atoms with van der Waals surface area (Å²) in [5, 5.41) is 31.3. The van der Waals surface area contributed by atoms with Crippen LogP contribution in [0.3, 0.4) is 0 Å². The van der Waals surface area contributed by atoms with E-state index in [9.17, 15) is 9.59 Å². The van der Waals surface area contributed by atoms with Crippen molar-refractivity contribution in [3.63, 3.8) is 0 Å². The molecule has 2 fully saturated rings. The maximum Gasteiger partial charge on any atom is 0.272 e. The molecule has 6 heterocycles. The first-order valence-corrected chi connectivity index (χ1v) is 22.4. The van der Waals surface area contributed by atoms with Crippen molar-refractivity contribution in [3.8, 4) is 16.8 Å². The number of thiophene rings is 1. The minimum absolute atomic E-state index is 0.00680. The Balaban J connectivity index is 0.794. The van der Waals surface area contributed by atoms with Crippen molar-refractivity contribution in [2.24, 2.45) is 4.99 Å². The molecule has 1 N–H and O–H groups in total. The summed E-state index contributed by atoms with van der Waals surface area (Å²) in [6.07, 6.45) is 8.26. The van der Waals surface area contributed by atoms with E-state index >= 15 is 0 Å². The van der Waals surface area contributed by atoms with Crippen LogP contribution in [0.4, 0.5) is 5.82 Å². The van der Waals surface area contributed by atoms with Crippen LogP contribution in [-0.4, -0.2) is 90.7 Å². The van der Waals surface area contributed by atoms with E-state index in [1.807, 2.05) is 49.2 Å². The van der Waals surface area contributed by atoms with Crippen LogP contribution in [0, 0.1) is 32.1 Å². The van der Waals surface area contributed by atoms with Crippen molar-refractivity contribution in [3.05, 3.63) is 128 Å². The highest BCUT2D eigenvalue weighted by molar-refractivity contribution is 7.15. The van der Waals surface area contributed by atoms with Gasteiger partial charge in [-0.15, -0.1) is 31.7 Å². The number of nitrogens with one attached hydrogen (secondary N) is 1. The second-order valence-electron chi connectivity index (χ2n) is 16.3. The van der Waals surface area contributed by atoms with Crippen LogP contribution in [0.15, 0.2) is 76.5 Å². The third-order valence-electron chi connectivity index (χ3n) is 12.4. The number of aromatic nitrogens is 6. The number of halogens is 1. The fourth-order valence-electron chi connectivity index (χ4n) is 8.71. The molecule has 1 saturated carbocycles. The molecule has 6 aromatic rings. The van der Waals surface area contributed by atoms with Gasteiger partial charge in [0.05, 0.1) is 35.0 Å². The number of aliphatic imine (C=N–C) groups is 1. The number of hydrogen-bond acceptors (Lipinski definition) is 13. The molecule has 2 amide bonds. The first-order valence-electron chi connectivity index (χ1n) is 21.2. The molecular formula is C46H46ClN11O4S. The summed E-state index contributed by atoms with van der Waals surface area (Å²) < 4.78 is 13.8. The van der Waals surface area contributed by atoms with Crippen molar-refractivity contribution in [1.29, 1.82) is 5.26 Å². The van der Waals surface area contributed by atoms with Crippen molar-refractivity contribution < 1.29 is 18.7 Å². The predicted octanol–water partition coefficient (Wildman–Crippen LogP) is 7.55. The molecule has 1 aliphatic carbocycles. The molecule has 2 aromatic carbocycles. The summed E-state index contributed by atoms with van der Waals surface area (Å²) in [7, 11) is 1.98. The lowest BCUT2D eigenvalue weighted by Gasteiger charge is -2.37. The second kappa shape index (κ2) is 17.7. The van der Waals surface area contributed by atoms with E-state index in [0.717, 1.165) is 77.6 Å². The number of amides is 2. The van der Waals surface area contributed by atoms with Gasteiger partial charge in [-0.1, -0.05) is 23.7 Å². The van der Waals surface area contributed by atoms with Gasteiger partial charge in [-0.3, -0.25) is 19.1 Å². The summed E-state index contributed by atoms with van der Waals surface area (Å²) in [4.78, 5) is 41.8. The smallest absolute Gasteiger partial charge is 0.272 e. The minimum atomic E-state index is -0.379.